The molecule has 1 aromatic carbocycles. The summed E-state index contributed by atoms with van der Waals surface area (Å²) in [6.07, 6.45) is 0.691. The van der Waals surface area contributed by atoms with Gasteiger partial charge in [-0.25, -0.2) is 13.6 Å². The van der Waals surface area contributed by atoms with E-state index in [9.17, 15) is 13.6 Å². The molecule has 2 aliphatic rings. The number of ether oxygens (including phenoxy) is 2. The lowest BCUT2D eigenvalue weighted by Crippen LogP contribution is -2.58. The van der Waals surface area contributed by atoms with Crippen molar-refractivity contribution in [3.8, 4) is 5.75 Å². The van der Waals surface area contributed by atoms with E-state index in [0.717, 1.165) is 31.4 Å². The Labute approximate surface area is 139 Å². The molecule has 3 rings (SSSR count). The van der Waals surface area contributed by atoms with Gasteiger partial charge in [-0.1, -0.05) is 6.07 Å². The Bertz CT molecular complexity index is 597. The standard InChI is InChI=1S/C17H22F2N2O3/c1-10-4-5-11(7-14(10)24-9-16(18)19)20-17(22)21-13-8-15-12(13)3-2-6-23-15/h4-5,7,12-13,15-16H,2-3,6,8-9H2,1H3,(H2,20,21,22)/t12-,13+,15+/m0/s1. The van der Waals surface area contributed by atoms with E-state index >= 15 is 0 Å². The number of carbonyl (C=O) groups excluding carboxylic acids is 1. The van der Waals surface area contributed by atoms with Crippen LogP contribution in [0.3, 0.4) is 0 Å². The summed E-state index contributed by atoms with van der Waals surface area (Å²) in [5.74, 6) is 0.741. The zero-order valence-corrected chi connectivity index (χ0v) is 13.6. The van der Waals surface area contributed by atoms with Crippen LogP contribution in [0.4, 0.5) is 19.3 Å². The Kier molecular flexibility index (Phi) is 5.18. The van der Waals surface area contributed by atoms with Gasteiger partial charge in [0, 0.05) is 30.3 Å². The van der Waals surface area contributed by atoms with E-state index in [-0.39, 0.29) is 18.2 Å². The fraction of sp³-hybridized carbons (Fsp3) is 0.588. The van der Waals surface area contributed by atoms with E-state index < -0.39 is 13.0 Å². The van der Waals surface area contributed by atoms with Gasteiger partial charge in [0.2, 0.25) is 0 Å². The molecule has 132 valence electrons. The zero-order valence-electron chi connectivity index (χ0n) is 13.6. The van der Waals surface area contributed by atoms with Crippen molar-refractivity contribution in [2.45, 2.75) is 44.8 Å². The highest BCUT2D eigenvalue weighted by Crippen LogP contribution is 2.37. The van der Waals surface area contributed by atoms with Crippen LogP contribution in [0.5, 0.6) is 5.75 Å². The van der Waals surface area contributed by atoms with Crippen LogP contribution in [-0.4, -0.2) is 37.8 Å². The predicted octanol–water partition coefficient (Wildman–Crippen LogP) is 3.33. The van der Waals surface area contributed by atoms with Gasteiger partial charge in [0.25, 0.3) is 6.43 Å². The first-order chi connectivity index (χ1) is 11.5. The molecule has 0 spiro atoms. The summed E-state index contributed by atoms with van der Waals surface area (Å²) in [5, 5.41) is 5.69. The van der Waals surface area contributed by atoms with E-state index in [1.165, 1.54) is 0 Å². The summed E-state index contributed by atoms with van der Waals surface area (Å²) in [4.78, 5) is 12.1. The number of hydrogen-bond donors (Lipinski definition) is 2. The van der Waals surface area contributed by atoms with Crippen molar-refractivity contribution < 1.29 is 23.0 Å². The summed E-state index contributed by atoms with van der Waals surface area (Å²) in [6, 6.07) is 4.84. The molecule has 24 heavy (non-hydrogen) atoms. The van der Waals surface area contributed by atoms with E-state index in [2.05, 4.69) is 10.6 Å². The summed E-state index contributed by atoms with van der Waals surface area (Å²) < 4.78 is 35.2. The van der Waals surface area contributed by atoms with Gasteiger partial charge >= 0.3 is 6.03 Å². The second-order valence-electron chi connectivity index (χ2n) is 6.34. The molecule has 7 heteroatoms. The number of alkyl halides is 2. The van der Waals surface area contributed by atoms with Crippen LogP contribution in [0, 0.1) is 12.8 Å². The molecule has 1 saturated heterocycles. The van der Waals surface area contributed by atoms with Crippen molar-refractivity contribution >= 4 is 11.7 Å². The van der Waals surface area contributed by atoms with E-state index in [0.29, 0.717) is 17.4 Å². The van der Waals surface area contributed by atoms with Gasteiger partial charge in [-0.15, -0.1) is 0 Å². The first-order valence-corrected chi connectivity index (χ1v) is 8.23. The summed E-state index contributed by atoms with van der Waals surface area (Å²) in [6.45, 7) is 1.91. The number of urea groups is 1. The third-order valence-electron chi connectivity index (χ3n) is 4.62. The monoisotopic (exact) mass is 340 g/mol. The first-order valence-electron chi connectivity index (χ1n) is 8.23. The van der Waals surface area contributed by atoms with Crippen LogP contribution >= 0.6 is 0 Å². The molecule has 1 aliphatic heterocycles. The second-order valence-corrected chi connectivity index (χ2v) is 6.34. The molecule has 1 saturated carbocycles. The Morgan fingerprint density at radius 1 is 1.46 bits per heavy atom. The van der Waals surface area contributed by atoms with Crippen LogP contribution < -0.4 is 15.4 Å². The minimum Gasteiger partial charge on any atom is -0.487 e. The molecule has 2 fully saturated rings. The van der Waals surface area contributed by atoms with Crippen molar-refractivity contribution in [2.24, 2.45) is 5.92 Å². The largest absolute Gasteiger partial charge is 0.487 e. The van der Waals surface area contributed by atoms with Gasteiger partial charge in [-0.3, -0.25) is 0 Å². The van der Waals surface area contributed by atoms with Crippen molar-refractivity contribution in [1.29, 1.82) is 0 Å². The number of hydrogen-bond acceptors (Lipinski definition) is 3. The van der Waals surface area contributed by atoms with Gasteiger partial charge < -0.3 is 20.1 Å². The van der Waals surface area contributed by atoms with Crippen molar-refractivity contribution in [3.63, 3.8) is 0 Å². The highest BCUT2D eigenvalue weighted by molar-refractivity contribution is 5.89. The molecule has 0 aromatic heterocycles. The van der Waals surface area contributed by atoms with Gasteiger partial charge in [0.05, 0.1) is 6.10 Å². The van der Waals surface area contributed by atoms with Crippen LogP contribution in [0.25, 0.3) is 0 Å². The van der Waals surface area contributed by atoms with Crippen molar-refractivity contribution in [3.05, 3.63) is 23.8 Å². The highest BCUT2D eigenvalue weighted by atomic mass is 19.3. The lowest BCUT2D eigenvalue weighted by molar-refractivity contribution is -0.0997. The van der Waals surface area contributed by atoms with Gasteiger partial charge in [0.1, 0.15) is 12.4 Å². The molecule has 1 aromatic rings. The van der Waals surface area contributed by atoms with Gasteiger partial charge in [-0.05, 0) is 37.8 Å². The molecule has 0 unspecified atom stereocenters. The minimum atomic E-state index is -2.53. The van der Waals surface area contributed by atoms with Crippen molar-refractivity contribution in [1.82, 2.24) is 5.32 Å². The number of carbonyl (C=O) groups is 1. The normalized spacial score (nSPS) is 25.6. The maximum Gasteiger partial charge on any atom is 0.319 e. The predicted molar refractivity (Wildman–Crippen MR) is 85.7 cm³/mol. The Morgan fingerprint density at radius 2 is 2.29 bits per heavy atom. The number of fused-ring (bicyclic) bond motifs is 1. The number of nitrogens with one attached hydrogen (secondary N) is 2. The molecule has 0 bridgehead atoms. The number of halogens is 2. The number of rotatable bonds is 5. The van der Waals surface area contributed by atoms with E-state index in [1.807, 2.05) is 0 Å². The number of benzene rings is 1. The summed E-state index contributed by atoms with van der Waals surface area (Å²) in [7, 11) is 0. The van der Waals surface area contributed by atoms with E-state index in [4.69, 9.17) is 9.47 Å². The fourth-order valence-electron chi connectivity index (χ4n) is 3.28. The Balaban J connectivity index is 1.53. The average Bonchev–Trinajstić information content (AvgIpc) is 2.53. The fourth-order valence-corrected chi connectivity index (χ4v) is 3.28. The van der Waals surface area contributed by atoms with Crippen LogP contribution in [-0.2, 0) is 4.74 Å². The quantitative estimate of drug-likeness (QED) is 0.864. The lowest BCUT2D eigenvalue weighted by Gasteiger charge is -2.47. The van der Waals surface area contributed by atoms with Gasteiger partial charge in [-0.2, -0.15) is 0 Å². The number of amides is 2. The number of anilines is 1. The molecular weight excluding hydrogens is 318 g/mol. The molecule has 3 atom stereocenters. The maximum atomic E-state index is 12.3. The SMILES string of the molecule is Cc1ccc(NC(=O)N[C@@H]2C[C@H]3OCCC[C@@H]23)cc1OCC(F)F. The molecule has 0 radical (unpaired) electrons. The maximum absolute atomic E-state index is 12.3. The highest BCUT2D eigenvalue weighted by Gasteiger charge is 2.43. The second kappa shape index (κ2) is 7.34. The van der Waals surface area contributed by atoms with Crippen LogP contribution in [0.15, 0.2) is 18.2 Å². The van der Waals surface area contributed by atoms with Crippen LogP contribution in [0.2, 0.25) is 0 Å². The molecule has 5 nitrogen and oxygen atoms in total. The van der Waals surface area contributed by atoms with E-state index in [1.54, 1.807) is 25.1 Å². The first kappa shape index (κ1) is 17.0. The summed E-state index contributed by atoms with van der Waals surface area (Å²) >= 11 is 0. The molecule has 1 heterocycles. The average molecular weight is 340 g/mol. The lowest BCUT2D eigenvalue weighted by atomic mass is 9.72. The molecular formula is C17H22F2N2O3. The third kappa shape index (κ3) is 3.95. The van der Waals surface area contributed by atoms with Crippen LogP contribution in [0.1, 0.15) is 24.8 Å². The number of aryl methyl sites for hydroxylation is 1. The molecule has 2 amide bonds. The topological polar surface area (TPSA) is 59.6 Å². The Hall–Kier alpha value is -1.89. The molecule has 1 aliphatic carbocycles. The smallest absolute Gasteiger partial charge is 0.319 e. The summed E-state index contributed by atoms with van der Waals surface area (Å²) in [5.41, 5.74) is 1.25. The minimum absolute atomic E-state index is 0.135. The zero-order chi connectivity index (χ0) is 17.1. The third-order valence-corrected chi connectivity index (χ3v) is 4.62. The van der Waals surface area contributed by atoms with Crippen molar-refractivity contribution in [2.75, 3.05) is 18.5 Å². The molecule has 2 N–H and O–H groups in total. The Morgan fingerprint density at radius 3 is 3.04 bits per heavy atom. The van der Waals surface area contributed by atoms with Gasteiger partial charge in [0.15, 0.2) is 0 Å².